The number of carbonyl (C=O) groups excluding carboxylic acids is 1. The highest BCUT2D eigenvalue weighted by Gasteiger charge is 2.29. The summed E-state index contributed by atoms with van der Waals surface area (Å²) in [5.74, 6) is 0.0199. The van der Waals surface area contributed by atoms with Crippen LogP contribution in [0.1, 0.15) is 26.7 Å². The van der Waals surface area contributed by atoms with Gasteiger partial charge in [0.15, 0.2) is 0 Å². The maximum Gasteiger partial charge on any atom is 0.310 e. The highest BCUT2D eigenvalue weighted by molar-refractivity contribution is 5.72. The van der Waals surface area contributed by atoms with E-state index in [4.69, 9.17) is 9.47 Å². The molecule has 0 aliphatic carbocycles. The molecule has 2 fully saturated rings. The average Bonchev–Trinajstić information content (AvgIpc) is 2.48. The van der Waals surface area contributed by atoms with Crippen LogP contribution in [-0.2, 0) is 14.3 Å². The van der Waals surface area contributed by atoms with E-state index in [0.717, 1.165) is 58.7 Å². The second-order valence-electron chi connectivity index (χ2n) is 5.74. The predicted molar refractivity (Wildman–Crippen MR) is 77.7 cm³/mol. The molecule has 116 valence electrons. The summed E-state index contributed by atoms with van der Waals surface area (Å²) >= 11 is 0. The summed E-state index contributed by atoms with van der Waals surface area (Å²) in [7, 11) is 0. The van der Waals surface area contributed by atoms with E-state index in [-0.39, 0.29) is 18.0 Å². The van der Waals surface area contributed by atoms with Crippen molar-refractivity contribution in [2.75, 3.05) is 52.5 Å². The first kappa shape index (κ1) is 15.7. The fraction of sp³-hybridized carbons (Fsp3) is 0.933. The van der Waals surface area contributed by atoms with Crippen molar-refractivity contribution in [1.82, 2.24) is 9.80 Å². The van der Waals surface area contributed by atoms with Gasteiger partial charge in [0.1, 0.15) is 0 Å². The SMILES string of the molecule is CCOC(=O)C1CCCN(CC2CN(CC)CCO2)C1. The molecule has 0 amide bonds. The summed E-state index contributed by atoms with van der Waals surface area (Å²) in [5.41, 5.74) is 0. The first-order chi connectivity index (χ1) is 9.72. The van der Waals surface area contributed by atoms with E-state index in [2.05, 4.69) is 16.7 Å². The summed E-state index contributed by atoms with van der Waals surface area (Å²) in [6.45, 7) is 11.3. The van der Waals surface area contributed by atoms with Crippen molar-refractivity contribution < 1.29 is 14.3 Å². The number of carbonyl (C=O) groups is 1. The molecular weight excluding hydrogens is 256 g/mol. The molecule has 2 unspecified atom stereocenters. The minimum atomic E-state index is -0.0306. The van der Waals surface area contributed by atoms with Crippen molar-refractivity contribution in [2.45, 2.75) is 32.8 Å². The fourth-order valence-electron chi connectivity index (χ4n) is 3.14. The van der Waals surface area contributed by atoms with Crippen LogP contribution in [0, 0.1) is 5.92 Å². The van der Waals surface area contributed by atoms with Crippen LogP contribution in [0.15, 0.2) is 0 Å². The lowest BCUT2D eigenvalue weighted by Crippen LogP contribution is -2.50. The summed E-state index contributed by atoms with van der Waals surface area (Å²) in [4.78, 5) is 16.6. The number of hydrogen-bond donors (Lipinski definition) is 0. The van der Waals surface area contributed by atoms with Crippen LogP contribution in [0.3, 0.4) is 0 Å². The molecule has 0 radical (unpaired) electrons. The Balaban J connectivity index is 1.79. The van der Waals surface area contributed by atoms with Gasteiger partial charge in [-0.05, 0) is 32.9 Å². The summed E-state index contributed by atoms with van der Waals surface area (Å²) in [5, 5.41) is 0. The van der Waals surface area contributed by atoms with Gasteiger partial charge in [0.05, 0.1) is 25.2 Å². The van der Waals surface area contributed by atoms with Gasteiger partial charge in [-0.25, -0.2) is 0 Å². The quantitative estimate of drug-likeness (QED) is 0.704. The summed E-state index contributed by atoms with van der Waals surface area (Å²) in [6.07, 6.45) is 2.32. The maximum atomic E-state index is 11.8. The Morgan fingerprint density at radius 1 is 1.25 bits per heavy atom. The lowest BCUT2D eigenvalue weighted by atomic mass is 9.98. The Kier molecular flexibility index (Phi) is 6.26. The fourth-order valence-corrected chi connectivity index (χ4v) is 3.14. The monoisotopic (exact) mass is 284 g/mol. The Bertz CT molecular complexity index is 311. The number of morpholine rings is 1. The van der Waals surface area contributed by atoms with Gasteiger partial charge < -0.3 is 9.47 Å². The van der Waals surface area contributed by atoms with Gasteiger partial charge in [0.2, 0.25) is 0 Å². The molecule has 5 nitrogen and oxygen atoms in total. The third kappa shape index (κ3) is 4.43. The number of piperidine rings is 1. The minimum absolute atomic E-state index is 0.0306. The van der Waals surface area contributed by atoms with E-state index in [0.29, 0.717) is 6.61 Å². The van der Waals surface area contributed by atoms with Gasteiger partial charge in [-0.15, -0.1) is 0 Å². The van der Waals surface area contributed by atoms with Crippen molar-refractivity contribution in [3.05, 3.63) is 0 Å². The van der Waals surface area contributed by atoms with E-state index < -0.39 is 0 Å². The van der Waals surface area contributed by atoms with Gasteiger partial charge in [-0.1, -0.05) is 6.92 Å². The standard InChI is InChI=1S/C15H28N2O3/c1-3-16-8-9-20-14(11-16)12-17-7-5-6-13(10-17)15(18)19-4-2/h13-14H,3-12H2,1-2H3. The zero-order chi connectivity index (χ0) is 14.4. The predicted octanol–water partition coefficient (Wildman–Crippen LogP) is 0.982. The van der Waals surface area contributed by atoms with Gasteiger partial charge in [-0.2, -0.15) is 0 Å². The molecule has 20 heavy (non-hydrogen) atoms. The number of likely N-dealkylation sites (N-methyl/N-ethyl adjacent to an activating group) is 1. The smallest absolute Gasteiger partial charge is 0.310 e. The van der Waals surface area contributed by atoms with Crippen molar-refractivity contribution >= 4 is 5.97 Å². The zero-order valence-electron chi connectivity index (χ0n) is 12.8. The number of nitrogens with zero attached hydrogens (tertiary/aromatic N) is 2. The molecule has 0 aromatic heterocycles. The summed E-state index contributed by atoms with van der Waals surface area (Å²) < 4.78 is 11.0. The van der Waals surface area contributed by atoms with Crippen molar-refractivity contribution in [3.63, 3.8) is 0 Å². The molecule has 5 heteroatoms. The van der Waals surface area contributed by atoms with Gasteiger partial charge >= 0.3 is 5.97 Å². The lowest BCUT2D eigenvalue weighted by Gasteiger charge is -2.37. The van der Waals surface area contributed by atoms with Crippen molar-refractivity contribution in [3.8, 4) is 0 Å². The topological polar surface area (TPSA) is 42.0 Å². The van der Waals surface area contributed by atoms with E-state index >= 15 is 0 Å². The molecule has 0 spiro atoms. The molecule has 2 saturated heterocycles. The van der Waals surface area contributed by atoms with Crippen molar-refractivity contribution in [1.29, 1.82) is 0 Å². The largest absolute Gasteiger partial charge is 0.466 e. The highest BCUT2D eigenvalue weighted by atomic mass is 16.5. The Labute approximate surface area is 122 Å². The summed E-state index contributed by atoms with van der Waals surface area (Å²) in [6, 6.07) is 0. The van der Waals surface area contributed by atoms with Crippen LogP contribution in [-0.4, -0.2) is 74.4 Å². The number of esters is 1. The van der Waals surface area contributed by atoms with E-state index in [1.807, 2.05) is 6.92 Å². The Morgan fingerprint density at radius 3 is 2.85 bits per heavy atom. The molecule has 0 saturated carbocycles. The molecule has 0 aromatic carbocycles. The van der Waals surface area contributed by atoms with E-state index in [1.165, 1.54) is 0 Å². The molecule has 2 aliphatic rings. The zero-order valence-corrected chi connectivity index (χ0v) is 12.8. The van der Waals surface area contributed by atoms with Crippen LogP contribution in [0.25, 0.3) is 0 Å². The molecule has 2 atom stereocenters. The van der Waals surface area contributed by atoms with Crippen LogP contribution in [0.5, 0.6) is 0 Å². The van der Waals surface area contributed by atoms with E-state index in [9.17, 15) is 4.79 Å². The third-order valence-electron chi connectivity index (χ3n) is 4.26. The second kappa shape index (κ2) is 7.96. The van der Waals surface area contributed by atoms with E-state index in [1.54, 1.807) is 0 Å². The Hall–Kier alpha value is -0.650. The normalized spacial score (nSPS) is 29.3. The number of hydrogen-bond acceptors (Lipinski definition) is 5. The number of rotatable bonds is 5. The lowest BCUT2D eigenvalue weighted by molar-refractivity contribution is -0.150. The van der Waals surface area contributed by atoms with Crippen LogP contribution < -0.4 is 0 Å². The van der Waals surface area contributed by atoms with Crippen LogP contribution in [0.4, 0.5) is 0 Å². The molecule has 0 N–H and O–H groups in total. The highest BCUT2D eigenvalue weighted by Crippen LogP contribution is 2.19. The van der Waals surface area contributed by atoms with Crippen LogP contribution >= 0.6 is 0 Å². The first-order valence-corrected chi connectivity index (χ1v) is 7.95. The molecule has 2 heterocycles. The Morgan fingerprint density at radius 2 is 2.10 bits per heavy atom. The maximum absolute atomic E-state index is 11.8. The first-order valence-electron chi connectivity index (χ1n) is 7.95. The molecule has 2 rings (SSSR count). The van der Waals surface area contributed by atoms with Crippen molar-refractivity contribution in [2.24, 2.45) is 5.92 Å². The van der Waals surface area contributed by atoms with Gasteiger partial charge in [0.25, 0.3) is 0 Å². The van der Waals surface area contributed by atoms with Gasteiger partial charge in [-0.3, -0.25) is 14.6 Å². The number of ether oxygens (including phenoxy) is 2. The molecule has 0 bridgehead atoms. The van der Waals surface area contributed by atoms with Gasteiger partial charge in [0, 0.05) is 26.2 Å². The minimum Gasteiger partial charge on any atom is -0.466 e. The molecule has 2 aliphatic heterocycles. The number of likely N-dealkylation sites (tertiary alicyclic amines) is 1. The molecular formula is C15H28N2O3. The average molecular weight is 284 g/mol. The van der Waals surface area contributed by atoms with Crippen LogP contribution in [0.2, 0.25) is 0 Å². The second-order valence-corrected chi connectivity index (χ2v) is 5.74. The molecule has 0 aromatic rings. The third-order valence-corrected chi connectivity index (χ3v) is 4.26.